The molecule has 0 radical (unpaired) electrons. The van der Waals surface area contributed by atoms with E-state index in [-0.39, 0.29) is 30.2 Å². The summed E-state index contributed by atoms with van der Waals surface area (Å²) in [4.78, 5) is 8.59. The van der Waals surface area contributed by atoms with Gasteiger partial charge in [0.05, 0.1) is 11.5 Å². The van der Waals surface area contributed by atoms with Crippen LogP contribution in [0.25, 0.3) is 11.0 Å². The average Bonchev–Trinajstić information content (AvgIpc) is 3.18. The average molecular weight is 358 g/mol. The highest BCUT2D eigenvalue weighted by molar-refractivity contribution is 5.87. The van der Waals surface area contributed by atoms with Gasteiger partial charge in [-0.1, -0.05) is 13.0 Å². The molecule has 0 unspecified atom stereocenters. The van der Waals surface area contributed by atoms with E-state index in [0.717, 1.165) is 17.5 Å². The molecule has 0 bridgehead atoms. The van der Waals surface area contributed by atoms with Crippen LogP contribution in [0.1, 0.15) is 31.4 Å². The Balaban J connectivity index is 1.61. The molecule has 1 saturated carbocycles. The number of hydrogen-bond donors (Lipinski definition) is 2. The van der Waals surface area contributed by atoms with Crippen LogP contribution in [0.3, 0.4) is 0 Å². The molecule has 3 atom stereocenters. The predicted molar refractivity (Wildman–Crippen MR) is 94.7 cm³/mol. The SMILES string of the molecule is C[C@H]1C[C@@H](n2ccc3c(NCc4c(F)cccc4F)ncnc32)C[C@@H]1O. The molecule has 1 fully saturated rings. The second kappa shape index (κ2) is 6.64. The third-order valence-corrected chi connectivity index (χ3v) is 5.21. The van der Waals surface area contributed by atoms with Crippen molar-refractivity contribution in [2.24, 2.45) is 5.92 Å². The second-order valence-corrected chi connectivity index (χ2v) is 6.91. The number of halogens is 2. The minimum Gasteiger partial charge on any atom is -0.393 e. The largest absolute Gasteiger partial charge is 0.393 e. The van der Waals surface area contributed by atoms with Crippen molar-refractivity contribution in [3.8, 4) is 0 Å². The standard InChI is InChI=1S/C19H20F2N4O/c1-11-7-12(8-17(11)26)25-6-5-13-18(23-10-24-19(13)25)22-9-14-15(20)3-2-4-16(14)21/h2-6,10-12,17,26H,7-9H2,1H3,(H,22,23,24)/t11-,12+,17-/m0/s1. The fourth-order valence-corrected chi connectivity index (χ4v) is 3.70. The summed E-state index contributed by atoms with van der Waals surface area (Å²) in [6.07, 6.45) is 4.65. The lowest BCUT2D eigenvalue weighted by Crippen LogP contribution is -2.09. The number of nitrogens with zero attached hydrogens (tertiary/aromatic N) is 3. The van der Waals surface area contributed by atoms with Gasteiger partial charge < -0.3 is 15.0 Å². The van der Waals surface area contributed by atoms with Crippen LogP contribution in [0.15, 0.2) is 36.8 Å². The maximum absolute atomic E-state index is 13.8. The van der Waals surface area contributed by atoms with E-state index in [2.05, 4.69) is 19.9 Å². The number of aromatic nitrogens is 3. The van der Waals surface area contributed by atoms with Gasteiger partial charge in [-0.3, -0.25) is 0 Å². The first-order valence-corrected chi connectivity index (χ1v) is 8.71. The zero-order valence-electron chi connectivity index (χ0n) is 14.4. The third kappa shape index (κ3) is 2.92. The number of rotatable bonds is 4. The van der Waals surface area contributed by atoms with Gasteiger partial charge in [0, 0.05) is 24.3 Å². The van der Waals surface area contributed by atoms with Crippen molar-refractivity contribution in [3.63, 3.8) is 0 Å². The molecule has 7 heteroatoms. The zero-order chi connectivity index (χ0) is 18.3. The number of nitrogens with one attached hydrogen (secondary N) is 1. The van der Waals surface area contributed by atoms with Crippen molar-refractivity contribution >= 4 is 16.9 Å². The number of anilines is 1. The molecule has 0 saturated heterocycles. The van der Waals surface area contributed by atoms with Gasteiger partial charge in [-0.15, -0.1) is 0 Å². The Hall–Kier alpha value is -2.54. The Morgan fingerprint density at radius 2 is 1.96 bits per heavy atom. The van der Waals surface area contributed by atoms with Crippen molar-refractivity contribution in [1.29, 1.82) is 0 Å². The molecular weight excluding hydrogens is 338 g/mol. The van der Waals surface area contributed by atoms with E-state index in [4.69, 9.17) is 0 Å². The Kier molecular flexibility index (Phi) is 4.32. The lowest BCUT2D eigenvalue weighted by atomic mass is 10.1. The molecule has 3 aromatic rings. The minimum absolute atomic E-state index is 0.00498. The van der Waals surface area contributed by atoms with Gasteiger partial charge in [0.1, 0.15) is 29.4 Å². The molecule has 2 heterocycles. The van der Waals surface area contributed by atoms with Crippen LogP contribution in [0.5, 0.6) is 0 Å². The molecule has 1 aromatic carbocycles. The Labute approximate surface area is 149 Å². The van der Waals surface area contributed by atoms with Crippen molar-refractivity contribution in [2.45, 2.75) is 38.5 Å². The fourth-order valence-electron chi connectivity index (χ4n) is 3.70. The molecule has 1 aliphatic rings. The number of aliphatic hydroxyl groups excluding tert-OH is 1. The highest BCUT2D eigenvalue weighted by Gasteiger charge is 2.31. The summed E-state index contributed by atoms with van der Waals surface area (Å²) < 4.78 is 29.7. The summed E-state index contributed by atoms with van der Waals surface area (Å²) in [5.41, 5.74) is 0.731. The zero-order valence-corrected chi connectivity index (χ0v) is 14.4. The van der Waals surface area contributed by atoms with Crippen LogP contribution in [0.4, 0.5) is 14.6 Å². The number of aliphatic hydroxyl groups is 1. The second-order valence-electron chi connectivity index (χ2n) is 6.91. The van der Waals surface area contributed by atoms with Gasteiger partial charge in [0.2, 0.25) is 0 Å². The van der Waals surface area contributed by atoms with Gasteiger partial charge >= 0.3 is 0 Å². The van der Waals surface area contributed by atoms with Crippen molar-refractivity contribution in [1.82, 2.24) is 14.5 Å². The Morgan fingerprint density at radius 3 is 2.65 bits per heavy atom. The summed E-state index contributed by atoms with van der Waals surface area (Å²) in [6, 6.07) is 5.89. The number of benzene rings is 1. The van der Waals surface area contributed by atoms with E-state index >= 15 is 0 Å². The van der Waals surface area contributed by atoms with E-state index < -0.39 is 11.6 Å². The van der Waals surface area contributed by atoms with Gasteiger partial charge in [-0.2, -0.15) is 0 Å². The molecule has 26 heavy (non-hydrogen) atoms. The molecular formula is C19H20F2N4O. The van der Waals surface area contributed by atoms with Gasteiger partial charge in [0.15, 0.2) is 0 Å². The van der Waals surface area contributed by atoms with Crippen molar-refractivity contribution < 1.29 is 13.9 Å². The normalized spacial score (nSPS) is 22.8. The summed E-state index contributed by atoms with van der Waals surface area (Å²) in [5, 5.41) is 13.8. The van der Waals surface area contributed by atoms with Crippen LogP contribution in [0, 0.1) is 17.6 Å². The molecule has 2 N–H and O–H groups in total. The molecule has 0 aliphatic heterocycles. The van der Waals surface area contributed by atoms with Crippen LogP contribution >= 0.6 is 0 Å². The van der Waals surface area contributed by atoms with Crippen LogP contribution < -0.4 is 5.32 Å². The van der Waals surface area contributed by atoms with Gasteiger partial charge in [-0.05, 0) is 37.0 Å². The quantitative estimate of drug-likeness (QED) is 0.747. The Bertz CT molecular complexity index is 912. The number of fused-ring (bicyclic) bond motifs is 1. The maximum atomic E-state index is 13.8. The first-order valence-electron chi connectivity index (χ1n) is 8.71. The molecule has 4 rings (SSSR count). The lowest BCUT2D eigenvalue weighted by molar-refractivity contribution is 0.139. The fraction of sp³-hybridized carbons (Fsp3) is 0.368. The van der Waals surface area contributed by atoms with Gasteiger partial charge in [-0.25, -0.2) is 18.7 Å². The molecule has 0 spiro atoms. The van der Waals surface area contributed by atoms with E-state index in [1.807, 2.05) is 19.2 Å². The minimum atomic E-state index is -0.589. The molecule has 0 amide bonds. The van der Waals surface area contributed by atoms with E-state index in [9.17, 15) is 13.9 Å². The predicted octanol–water partition coefficient (Wildman–Crippen LogP) is 3.65. The van der Waals surface area contributed by atoms with E-state index in [1.54, 1.807) is 0 Å². The van der Waals surface area contributed by atoms with Crippen LogP contribution in [0.2, 0.25) is 0 Å². The highest BCUT2D eigenvalue weighted by Crippen LogP contribution is 2.37. The first kappa shape index (κ1) is 16.9. The van der Waals surface area contributed by atoms with Gasteiger partial charge in [0.25, 0.3) is 0 Å². The topological polar surface area (TPSA) is 63.0 Å². The first-order chi connectivity index (χ1) is 12.5. The van der Waals surface area contributed by atoms with Crippen LogP contribution in [-0.2, 0) is 6.54 Å². The molecule has 1 aliphatic carbocycles. The smallest absolute Gasteiger partial charge is 0.145 e. The van der Waals surface area contributed by atoms with E-state index in [0.29, 0.717) is 12.2 Å². The molecule has 2 aromatic heterocycles. The van der Waals surface area contributed by atoms with E-state index in [1.165, 1.54) is 24.5 Å². The third-order valence-electron chi connectivity index (χ3n) is 5.21. The highest BCUT2D eigenvalue weighted by atomic mass is 19.1. The van der Waals surface area contributed by atoms with Crippen molar-refractivity contribution in [3.05, 3.63) is 54.0 Å². The number of hydrogen-bond acceptors (Lipinski definition) is 4. The summed E-state index contributed by atoms with van der Waals surface area (Å²) in [6.45, 7) is 2.04. The molecule has 136 valence electrons. The summed E-state index contributed by atoms with van der Waals surface area (Å²) >= 11 is 0. The monoisotopic (exact) mass is 358 g/mol. The lowest BCUT2D eigenvalue weighted by Gasteiger charge is -2.13. The van der Waals surface area contributed by atoms with Crippen molar-refractivity contribution in [2.75, 3.05) is 5.32 Å². The van der Waals surface area contributed by atoms with Crippen LogP contribution in [-0.4, -0.2) is 25.7 Å². The summed E-state index contributed by atoms with van der Waals surface area (Å²) in [5.74, 6) is -0.396. The maximum Gasteiger partial charge on any atom is 0.145 e. The molecule has 5 nitrogen and oxygen atoms in total. The summed E-state index contributed by atoms with van der Waals surface area (Å²) in [7, 11) is 0. The Morgan fingerprint density at radius 1 is 1.19 bits per heavy atom.